The van der Waals surface area contributed by atoms with Crippen LogP contribution in [0.1, 0.15) is 27.8 Å². The average Bonchev–Trinajstić information content (AvgIpc) is 3.34. The van der Waals surface area contributed by atoms with Crippen molar-refractivity contribution in [3.8, 4) is 5.13 Å². The van der Waals surface area contributed by atoms with Gasteiger partial charge < -0.3 is 20.9 Å². The first-order valence-electron chi connectivity index (χ1n) is 9.07. The number of carbonyl (C=O) groups excluding carboxylic acids is 1. The van der Waals surface area contributed by atoms with Gasteiger partial charge in [0.05, 0.1) is 17.9 Å². The van der Waals surface area contributed by atoms with Crippen molar-refractivity contribution in [2.24, 2.45) is 0 Å². The van der Waals surface area contributed by atoms with Crippen LogP contribution in [0.3, 0.4) is 0 Å². The fourth-order valence-corrected chi connectivity index (χ4v) is 4.54. The summed E-state index contributed by atoms with van der Waals surface area (Å²) in [5.74, 6) is 0.377. The summed E-state index contributed by atoms with van der Waals surface area (Å²) < 4.78 is 3.92. The number of hydrogen-bond acceptors (Lipinski definition) is 8. The molecule has 0 spiro atoms. The largest absolute Gasteiger partial charge is 0.382 e. The smallest absolute Gasteiger partial charge is 0.255 e. The van der Waals surface area contributed by atoms with E-state index < -0.39 is 0 Å². The third-order valence-corrected chi connectivity index (χ3v) is 6.04. The van der Waals surface area contributed by atoms with Gasteiger partial charge in [-0.1, -0.05) is 0 Å². The van der Waals surface area contributed by atoms with Crippen LogP contribution >= 0.6 is 11.3 Å². The Hall–Kier alpha value is -3.47. The molecule has 11 heteroatoms. The zero-order valence-corrected chi connectivity index (χ0v) is 16.7. The van der Waals surface area contributed by atoms with Gasteiger partial charge in [0, 0.05) is 36.1 Å². The Morgan fingerprint density at radius 3 is 2.72 bits per heavy atom. The minimum Gasteiger partial charge on any atom is -0.382 e. The second kappa shape index (κ2) is 6.27. The van der Waals surface area contributed by atoms with E-state index in [9.17, 15) is 4.79 Å². The monoisotopic (exact) mass is 409 g/mol. The molecule has 1 amide bonds. The SMILES string of the molecule is Cc1cc(C(=O)N2CC(n3cnc4c(N)nc(N)nc43)C2)c(C)n1-c1nccs1. The number of nitrogen functional groups attached to an aromatic ring is 2. The standard InChI is InChI=1S/C18H19N9OS/c1-9-5-12(10(2)27(9)18-21-3-4-29-18)16(28)25-6-11(7-25)26-8-22-13-14(19)23-17(20)24-15(13)26/h3-5,8,11H,6-7H2,1-2H3,(H4,19,20,23,24). The van der Waals surface area contributed by atoms with Crippen LogP contribution < -0.4 is 11.5 Å². The van der Waals surface area contributed by atoms with Gasteiger partial charge in [-0.05, 0) is 19.9 Å². The molecule has 4 aromatic heterocycles. The second-order valence-electron chi connectivity index (χ2n) is 7.09. The Balaban J connectivity index is 1.38. The Morgan fingerprint density at radius 2 is 2.00 bits per heavy atom. The third-order valence-electron chi connectivity index (χ3n) is 5.28. The Morgan fingerprint density at radius 1 is 1.21 bits per heavy atom. The molecule has 1 saturated heterocycles. The van der Waals surface area contributed by atoms with Crippen molar-refractivity contribution in [2.75, 3.05) is 24.6 Å². The van der Waals surface area contributed by atoms with Gasteiger partial charge >= 0.3 is 0 Å². The van der Waals surface area contributed by atoms with E-state index in [0.29, 0.717) is 29.8 Å². The highest BCUT2D eigenvalue weighted by molar-refractivity contribution is 7.12. The van der Waals surface area contributed by atoms with E-state index in [1.54, 1.807) is 23.9 Å². The number of aryl methyl sites for hydroxylation is 1. The molecule has 0 unspecified atom stereocenters. The molecule has 4 N–H and O–H groups in total. The first kappa shape index (κ1) is 17.6. The lowest BCUT2D eigenvalue weighted by Gasteiger charge is -2.39. The quantitative estimate of drug-likeness (QED) is 0.524. The number of nitrogens with zero attached hydrogens (tertiary/aromatic N) is 7. The van der Waals surface area contributed by atoms with E-state index in [1.165, 1.54) is 0 Å². The molecule has 0 radical (unpaired) electrons. The van der Waals surface area contributed by atoms with Crippen LogP contribution in [0.2, 0.25) is 0 Å². The average molecular weight is 409 g/mol. The summed E-state index contributed by atoms with van der Waals surface area (Å²) in [6.07, 6.45) is 3.44. The molecule has 5 rings (SSSR count). The van der Waals surface area contributed by atoms with E-state index in [2.05, 4.69) is 19.9 Å². The molecule has 1 aliphatic heterocycles. The van der Waals surface area contributed by atoms with Crippen LogP contribution in [0.5, 0.6) is 0 Å². The van der Waals surface area contributed by atoms with Crippen LogP contribution in [0, 0.1) is 13.8 Å². The number of amides is 1. The minimum atomic E-state index is 0.00947. The van der Waals surface area contributed by atoms with Crippen molar-refractivity contribution in [1.29, 1.82) is 0 Å². The van der Waals surface area contributed by atoms with E-state index >= 15 is 0 Å². The van der Waals surface area contributed by atoms with Gasteiger partial charge in [0.15, 0.2) is 16.6 Å². The predicted octanol–water partition coefficient (Wildman–Crippen LogP) is 1.55. The number of imidazole rings is 1. The number of thiazole rings is 1. The zero-order chi connectivity index (χ0) is 20.3. The molecule has 10 nitrogen and oxygen atoms in total. The van der Waals surface area contributed by atoms with E-state index in [1.807, 2.05) is 39.3 Å². The topological polar surface area (TPSA) is 134 Å². The third kappa shape index (κ3) is 2.65. The maximum Gasteiger partial charge on any atom is 0.255 e. The Labute approximate surface area is 169 Å². The molecule has 1 fully saturated rings. The molecular formula is C18H19N9OS. The summed E-state index contributed by atoms with van der Waals surface area (Å²) in [6, 6.07) is 1.99. The van der Waals surface area contributed by atoms with Crippen LogP contribution in [-0.4, -0.2) is 53.0 Å². The normalized spacial score (nSPS) is 14.5. The van der Waals surface area contributed by atoms with Crippen LogP contribution in [0.4, 0.5) is 11.8 Å². The molecule has 29 heavy (non-hydrogen) atoms. The summed E-state index contributed by atoms with van der Waals surface area (Å²) >= 11 is 1.54. The minimum absolute atomic E-state index is 0.00947. The van der Waals surface area contributed by atoms with Crippen molar-refractivity contribution in [2.45, 2.75) is 19.9 Å². The number of rotatable bonds is 3. The van der Waals surface area contributed by atoms with Crippen LogP contribution in [-0.2, 0) is 0 Å². The highest BCUT2D eigenvalue weighted by atomic mass is 32.1. The lowest BCUT2D eigenvalue weighted by molar-refractivity contribution is 0.0524. The van der Waals surface area contributed by atoms with Crippen molar-refractivity contribution in [1.82, 2.24) is 34.0 Å². The Bertz CT molecular complexity index is 1230. The van der Waals surface area contributed by atoms with E-state index in [0.717, 1.165) is 16.5 Å². The van der Waals surface area contributed by atoms with Crippen LogP contribution in [0.25, 0.3) is 16.3 Å². The molecule has 4 aromatic rings. The molecule has 0 aliphatic carbocycles. The highest BCUT2D eigenvalue weighted by Gasteiger charge is 2.35. The molecule has 0 bridgehead atoms. The first-order valence-corrected chi connectivity index (χ1v) is 9.95. The number of hydrogen-bond donors (Lipinski definition) is 2. The molecule has 0 aromatic carbocycles. The molecule has 148 valence electrons. The summed E-state index contributed by atoms with van der Waals surface area (Å²) in [4.78, 5) is 31.7. The lowest BCUT2D eigenvalue weighted by Crippen LogP contribution is -2.50. The van der Waals surface area contributed by atoms with E-state index in [-0.39, 0.29) is 23.7 Å². The van der Waals surface area contributed by atoms with Crippen molar-refractivity contribution in [3.05, 3.63) is 40.9 Å². The second-order valence-corrected chi connectivity index (χ2v) is 7.96. The fourth-order valence-electron chi connectivity index (χ4n) is 3.79. The fraction of sp³-hybridized carbons (Fsp3) is 0.278. The van der Waals surface area contributed by atoms with Gasteiger partial charge in [-0.15, -0.1) is 11.3 Å². The van der Waals surface area contributed by atoms with Gasteiger partial charge in [-0.3, -0.25) is 9.36 Å². The maximum atomic E-state index is 13.1. The molecular weight excluding hydrogens is 390 g/mol. The van der Waals surface area contributed by atoms with Crippen molar-refractivity contribution >= 4 is 40.2 Å². The van der Waals surface area contributed by atoms with Gasteiger partial charge in [0.2, 0.25) is 5.95 Å². The number of fused-ring (bicyclic) bond motifs is 1. The number of nitrogens with two attached hydrogens (primary N) is 2. The summed E-state index contributed by atoms with van der Waals surface area (Å²) in [6.45, 7) is 5.06. The number of likely N-dealkylation sites (tertiary alicyclic amines) is 1. The Kier molecular flexibility index (Phi) is 3.81. The molecule has 5 heterocycles. The summed E-state index contributed by atoms with van der Waals surface area (Å²) in [7, 11) is 0. The summed E-state index contributed by atoms with van der Waals surface area (Å²) in [5.41, 5.74) is 15.3. The highest BCUT2D eigenvalue weighted by Crippen LogP contribution is 2.30. The first-order chi connectivity index (χ1) is 13.9. The number of aromatic nitrogens is 6. The van der Waals surface area contributed by atoms with Gasteiger partial charge in [0.25, 0.3) is 5.91 Å². The zero-order valence-electron chi connectivity index (χ0n) is 15.9. The molecule has 0 atom stereocenters. The number of anilines is 2. The van der Waals surface area contributed by atoms with Crippen molar-refractivity contribution < 1.29 is 4.79 Å². The van der Waals surface area contributed by atoms with Crippen LogP contribution in [0.15, 0.2) is 24.0 Å². The summed E-state index contributed by atoms with van der Waals surface area (Å²) in [5, 5.41) is 2.79. The molecule has 0 saturated carbocycles. The van der Waals surface area contributed by atoms with Gasteiger partial charge in [-0.2, -0.15) is 9.97 Å². The maximum absolute atomic E-state index is 13.1. The van der Waals surface area contributed by atoms with Gasteiger partial charge in [-0.25, -0.2) is 9.97 Å². The predicted molar refractivity (Wildman–Crippen MR) is 110 cm³/mol. The molecule has 1 aliphatic rings. The lowest BCUT2D eigenvalue weighted by atomic mass is 10.1. The van der Waals surface area contributed by atoms with Crippen molar-refractivity contribution in [3.63, 3.8) is 0 Å². The van der Waals surface area contributed by atoms with Gasteiger partial charge in [0.1, 0.15) is 5.52 Å². The van der Waals surface area contributed by atoms with E-state index in [4.69, 9.17) is 11.5 Å². The number of carbonyl (C=O) groups is 1.